The molecule has 1 aliphatic heterocycles. The zero-order valence-corrected chi connectivity index (χ0v) is 23.4. The number of piperidine rings is 1. The standard InChI is InChI=1S/C27H20ClFN2O3S2.C2H6/c1-16-5-2-3-6-21(16)36-25-20(32)14-27(31-26(25)33,17-13-23(28)35-15-17)22-7-4-8-24(30-22)34-19-11-9-18(29)10-12-19;1-2/h2-13,15,25H,14H2,1H3,(H,31,33);1-2H3. The van der Waals surface area contributed by atoms with Gasteiger partial charge in [0.05, 0.1) is 10.0 Å². The number of thiophene rings is 1. The van der Waals surface area contributed by atoms with Crippen LogP contribution in [0, 0.1) is 12.7 Å². The summed E-state index contributed by atoms with van der Waals surface area (Å²) in [4.78, 5) is 32.4. The number of carbonyl (C=O) groups is 2. The van der Waals surface area contributed by atoms with E-state index in [9.17, 15) is 14.0 Å². The Hall–Kier alpha value is -3.20. The molecule has 0 bridgehead atoms. The Kier molecular flexibility index (Phi) is 8.87. The van der Waals surface area contributed by atoms with Crippen LogP contribution >= 0.6 is 34.7 Å². The Morgan fingerprint density at radius 1 is 1.08 bits per heavy atom. The first-order chi connectivity index (χ1) is 18.3. The fraction of sp³-hybridized carbons (Fsp3) is 0.207. The molecule has 3 heterocycles. The van der Waals surface area contributed by atoms with Crippen LogP contribution in [0.5, 0.6) is 11.6 Å². The summed E-state index contributed by atoms with van der Waals surface area (Å²) in [6.07, 6.45) is 0.00233. The van der Waals surface area contributed by atoms with Gasteiger partial charge in [-0.1, -0.05) is 49.7 Å². The lowest BCUT2D eigenvalue weighted by atomic mass is 9.79. The highest BCUT2D eigenvalue weighted by molar-refractivity contribution is 8.01. The van der Waals surface area contributed by atoms with Gasteiger partial charge in [-0.25, -0.2) is 9.37 Å². The highest BCUT2D eigenvalue weighted by Gasteiger charge is 2.48. The van der Waals surface area contributed by atoms with Gasteiger partial charge in [-0.05, 0) is 65.9 Å². The molecular formula is C29H26ClFN2O3S2. The van der Waals surface area contributed by atoms with Crippen molar-refractivity contribution in [3.63, 3.8) is 0 Å². The minimum atomic E-state index is -1.21. The fourth-order valence-corrected chi connectivity index (χ4v) is 6.10. The Balaban J connectivity index is 0.00000164. The number of hydrogen-bond acceptors (Lipinski definition) is 6. The second-order valence-electron chi connectivity index (χ2n) is 8.36. The van der Waals surface area contributed by atoms with Crippen LogP contribution in [-0.2, 0) is 15.1 Å². The van der Waals surface area contributed by atoms with Crippen molar-refractivity contribution in [1.29, 1.82) is 0 Å². The molecule has 0 saturated carbocycles. The monoisotopic (exact) mass is 568 g/mol. The number of halogens is 2. The quantitative estimate of drug-likeness (QED) is 0.243. The highest BCUT2D eigenvalue weighted by atomic mass is 35.5. The number of nitrogens with zero attached hydrogens (tertiary/aromatic N) is 1. The van der Waals surface area contributed by atoms with Crippen LogP contribution in [0.15, 0.2) is 83.1 Å². The van der Waals surface area contributed by atoms with Gasteiger partial charge in [0.1, 0.15) is 22.4 Å². The highest BCUT2D eigenvalue weighted by Crippen LogP contribution is 2.42. The molecule has 5 nitrogen and oxygen atoms in total. The zero-order valence-electron chi connectivity index (χ0n) is 21.0. The van der Waals surface area contributed by atoms with E-state index >= 15 is 0 Å². The van der Waals surface area contributed by atoms with Gasteiger partial charge >= 0.3 is 0 Å². The number of carbonyl (C=O) groups excluding carboxylic acids is 2. The van der Waals surface area contributed by atoms with E-state index in [2.05, 4.69) is 10.3 Å². The summed E-state index contributed by atoms with van der Waals surface area (Å²) in [6.45, 7) is 5.95. The normalized spacial score (nSPS) is 18.8. The SMILES string of the molecule is CC.Cc1ccccc1SC1C(=O)CC(c2csc(Cl)c2)(c2cccc(Oc3ccc(F)cc3)n2)NC1=O. The first-order valence-corrected chi connectivity index (χ1v) is 14.2. The molecule has 38 heavy (non-hydrogen) atoms. The van der Waals surface area contributed by atoms with E-state index in [0.717, 1.165) is 10.5 Å². The average Bonchev–Trinajstić information content (AvgIpc) is 3.36. The third-order valence-corrected chi connectivity index (χ3v) is 8.42. The number of ketones is 1. The fourth-order valence-electron chi connectivity index (χ4n) is 4.10. The lowest BCUT2D eigenvalue weighted by Gasteiger charge is -2.39. The number of amides is 1. The van der Waals surface area contributed by atoms with Crippen molar-refractivity contribution in [2.75, 3.05) is 0 Å². The van der Waals surface area contributed by atoms with Gasteiger partial charge in [-0.2, -0.15) is 0 Å². The molecule has 0 spiro atoms. The maximum absolute atomic E-state index is 13.5. The number of nitrogens with one attached hydrogen (secondary N) is 1. The van der Waals surface area contributed by atoms with E-state index < -0.39 is 16.7 Å². The van der Waals surface area contributed by atoms with Crippen molar-refractivity contribution < 1.29 is 18.7 Å². The Labute approximate surface area is 234 Å². The van der Waals surface area contributed by atoms with Crippen LogP contribution in [0.4, 0.5) is 4.39 Å². The third-order valence-electron chi connectivity index (χ3n) is 5.90. The van der Waals surface area contributed by atoms with Crippen molar-refractivity contribution in [2.45, 2.75) is 42.9 Å². The minimum absolute atomic E-state index is 0.00233. The van der Waals surface area contributed by atoms with Crippen molar-refractivity contribution in [2.24, 2.45) is 0 Å². The zero-order chi connectivity index (χ0) is 27.3. The van der Waals surface area contributed by atoms with Gasteiger partial charge < -0.3 is 10.1 Å². The van der Waals surface area contributed by atoms with Crippen molar-refractivity contribution >= 4 is 46.4 Å². The molecule has 0 radical (unpaired) electrons. The van der Waals surface area contributed by atoms with E-state index in [1.807, 2.05) is 50.4 Å². The second-order valence-corrected chi connectivity index (χ2v) is 11.0. The van der Waals surface area contributed by atoms with Crippen LogP contribution in [0.2, 0.25) is 4.34 Å². The molecule has 196 valence electrons. The molecule has 5 rings (SSSR count). The number of Topliss-reactive ketones (excluding diaryl/α,β-unsaturated/α-hetero) is 1. The first kappa shape index (κ1) is 27.8. The van der Waals surface area contributed by atoms with Crippen LogP contribution in [0.3, 0.4) is 0 Å². The summed E-state index contributed by atoms with van der Waals surface area (Å²) in [5.74, 6) is -0.321. The molecule has 1 N–H and O–H groups in total. The number of pyridine rings is 1. The van der Waals surface area contributed by atoms with Crippen molar-refractivity contribution in [1.82, 2.24) is 10.3 Å². The maximum atomic E-state index is 13.5. The minimum Gasteiger partial charge on any atom is -0.439 e. The number of rotatable bonds is 6. The molecular weight excluding hydrogens is 543 g/mol. The van der Waals surface area contributed by atoms with E-state index in [-0.39, 0.29) is 23.9 Å². The molecule has 2 atom stereocenters. The molecule has 1 saturated heterocycles. The molecule has 9 heteroatoms. The van der Waals surface area contributed by atoms with E-state index in [0.29, 0.717) is 21.3 Å². The molecule has 1 aliphatic rings. The van der Waals surface area contributed by atoms with Crippen LogP contribution in [0.25, 0.3) is 0 Å². The summed E-state index contributed by atoms with van der Waals surface area (Å²) in [6, 6.07) is 20.1. The second kappa shape index (κ2) is 12.1. The summed E-state index contributed by atoms with van der Waals surface area (Å²) in [7, 11) is 0. The number of hydrogen-bond donors (Lipinski definition) is 1. The van der Waals surface area contributed by atoms with Gasteiger partial charge in [0.15, 0.2) is 5.78 Å². The predicted octanol–water partition coefficient (Wildman–Crippen LogP) is 7.56. The third kappa shape index (κ3) is 5.93. The van der Waals surface area contributed by atoms with Crippen LogP contribution in [-0.4, -0.2) is 21.9 Å². The van der Waals surface area contributed by atoms with Gasteiger partial charge in [-0.15, -0.1) is 23.1 Å². The number of benzene rings is 2. The molecule has 2 aromatic heterocycles. The van der Waals surface area contributed by atoms with Crippen molar-refractivity contribution in [3.05, 3.63) is 105 Å². The molecule has 4 aromatic rings. The molecule has 2 unspecified atom stereocenters. The van der Waals surface area contributed by atoms with Gasteiger partial charge in [0.25, 0.3) is 0 Å². The van der Waals surface area contributed by atoms with Gasteiger partial charge in [-0.3, -0.25) is 9.59 Å². The smallest absolute Gasteiger partial charge is 0.242 e. The summed E-state index contributed by atoms with van der Waals surface area (Å²) in [5, 5.41) is 4.03. The average molecular weight is 569 g/mol. The van der Waals surface area contributed by atoms with Crippen molar-refractivity contribution in [3.8, 4) is 11.6 Å². The van der Waals surface area contributed by atoms with E-state index in [4.69, 9.17) is 16.3 Å². The Bertz CT molecular complexity index is 1420. The summed E-state index contributed by atoms with van der Waals surface area (Å²) < 4.78 is 19.6. The maximum Gasteiger partial charge on any atom is 0.242 e. The number of ether oxygens (including phenoxy) is 1. The predicted molar refractivity (Wildman–Crippen MR) is 151 cm³/mol. The van der Waals surface area contributed by atoms with Gasteiger partial charge in [0, 0.05) is 17.4 Å². The lowest BCUT2D eigenvalue weighted by molar-refractivity contribution is -0.133. The van der Waals surface area contributed by atoms with E-state index in [1.165, 1.54) is 47.4 Å². The Morgan fingerprint density at radius 2 is 1.82 bits per heavy atom. The van der Waals surface area contributed by atoms with Crippen LogP contribution < -0.4 is 10.1 Å². The van der Waals surface area contributed by atoms with E-state index in [1.54, 1.807) is 24.3 Å². The van der Waals surface area contributed by atoms with Crippen LogP contribution in [0.1, 0.15) is 37.1 Å². The first-order valence-electron chi connectivity index (χ1n) is 12.1. The number of aryl methyl sites for hydroxylation is 1. The molecule has 0 aliphatic carbocycles. The molecule has 2 aromatic carbocycles. The molecule has 1 fully saturated rings. The molecule has 1 amide bonds. The summed E-state index contributed by atoms with van der Waals surface area (Å²) in [5.41, 5.74) is 0.905. The lowest BCUT2D eigenvalue weighted by Crippen LogP contribution is -2.58. The number of thioether (sulfide) groups is 1. The largest absolute Gasteiger partial charge is 0.439 e. The summed E-state index contributed by atoms with van der Waals surface area (Å²) >= 11 is 8.81. The topological polar surface area (TPSA) is 68.3 Å². The number of aromatic nitrogens is 1. The van der Waals surface area contributed by atoms with Gasteiger partial charge in [0.2, 0.25) is 11.8 Å². The Morgan fingerprint density at radius 3 is 2.47 bits per heavy atom.